The van der Waals surface area contributed by atoms with Crippen LogP contribution in [0.25, 0.3) is 0 Å². The van der Waals surface area contributed by atoms with E-state index in [1.807, 2.05) is 0 Å². The molecule has 5 saturated carbocycles. The zero-order valence-corrected chi connectivity index (χ0v) is 26.2. The summed E-state index contributed by atoms with van der Waals surface area (Å²) in [6, 6.07) is 0. The van der Waals surface area contributed by atoms with Gasteiger partial charge in [-0.1, -0.05) is 20.8 Å². The maximum Gasteiger partial charge on any atom is 0.311 e. The van der Waals surface area contributed by atoms with Crippen molar-refractivity contribution >= 4 is 11.9 Å². The Morgan fingerprint density at radius 2 is 1.71 bits per heavy atom. The summed E-state index contributed by atoms with van der Waals surface area (Å²) in [7, 11) is 0. The Bertz CT molecular complexity index is 1100. The van der Waals surface area contributed by atoms with Crippen molar-refractivity contribution in [1.29, 1.82) is 0 Å². The van der Waals surface area contributed by atoms with Gasteiger partial charge in [0.05, 0.1) is 23.7 Å². The van der Waals surface area contributed by atoms with E-state index in [-0.39, 0.29) is 43.0 Å². The van der Waals surface area contributed by atoms with E-state index in [0.29, 0.717) is 34.0 Å². The molecule has 2 heterocycles. The molecule has 0 bridgehead atoms. The number of carbonyl (C=O) groups excluding carboxylic acids is 2. The van der Waals surface area contributed by atoms with Gasteiger partial charge in [0.25, 0.3) is 0 Å². The van der Waals surface area contributed by atoms with E-state index in [1.54, 1.807) is 13.8 Å². The number of nitrogens with one attached hydrogen (secondary N) is 1. The number of rotatable bonds is 5. The minimum atomic E-state index is -1.14. The molecule has 7 fully saturated rings. The lowest BCUT2D eigenvalue weighted by Gasteiger charge is -2.59. The Kier molecular flexibility index (Phi) is 6.39. The van der Waals surface area contributed by atoms with Gasteiger partial charge in [0, 0.05) is 26.9 Å². The second-order valence-corrected chi connectivity index (χ2v) is 16.8. The van der Waals surface area contributed by atoms with E-state index in [1.165, 1.54) is 45.4 Å². The van der Waals surface area contributed by atoms with E-state index in [0.717, 1.165) is 44.7 Å². The molecule has 0 radical (unpaired) electrons. The normalized spacial score (nSPS) is 48.7. The fraction of sp³-hybridized carbons (Fsp3) is 0.941. The van der Waals surface area contributed by atoms with Gasteiger partial charge in [0.15, 0.2) is 6.10 Å². The van der Waals surface area contributed by atoms with Crippen molar-refractivity contribution in [3.8, 4) is 0 Å². The van der Waals surface area contributed by atoms with E-state index in [9.17, 15) is 14.7 Å². The van der Waals surface area contributed by atoms with E-state index >= 15 is 0 Å². The van der Waals surface area contributed by atoms with Gasteiger partial charge in [-0.2, -0.15) is 0 Å². The lowest BCUT2D eigenvalue weighted by molar-refractivity contribution is -0.200. The quantitative estimate of drug-likeness (QED) is 0.433. The molecule has 11 atom stereocenters. The zero-order chi connectivity index (χ0) is 29.2. The van der Waals surface area contributed by atoms with E-state index in [2.05, 4.69) is 26.1 Å². The van der Waals surface area contributed by atoms with Crippen LogP contribution in [0.5, 0.6) is 0 Å². The summed E-state index contributed by atoms with van der Waals surface area (Å²) in [5, 5.41) is 14.1. The minimum Gasteiger partial charge on any atom is -0.462 e. The fourth-order valence-corrected chi connectivity index (χ4v) is 12.2. The van der Waals surface area contributed by atoms with Gasteiger partial charge in [-0.15, -0.1) is 0 Å². The Hall–Kier alpha value is -1.18. The second-order valence-electron chi connectivity index (χ2n) is 16.8. The highest BCUT2D eigenvalue weighted by Crippen LogP contribution is 2.87. The molecular formula is C34H55NO6. The summed E-state index contributed by atoms with van der Waals surface area (Å²) in [4.78, 5) is 24.7. The van der Waals surface area contributed by atoms with Crippen LogP contribution in [0.1, 0.15) is 107 Å². The number of ether oxygens (including phenoxy) is 3. The first kappa shape index (κ1) is 28.6. The van der Waals surface area contributed by atoms with Crippen molar-refractivity contribution in [3.63, 3.8) is 0 Å². The summed E-state index contributed by atoms with van der Waals surface area (Å²) in [5.41, 5.74) is 0.0384. The summed E-state index contributed by atoms with van der Waals surface area (Å²) in [5.74, 6) is 2.28. The monoisotopic (exact) mass is 573 g/mol. The molecule has 7 nitrogen and oxygen atoms in total. The Morgan fingerprint density at radius 3 is 2.37 bits per heavy atom. The third-order valence-electron chi connectivity index (χ3n) is 14.3. The molecule has 7 rings (SSSR count). The van der Waals surface area contributed by atoms with Crippen molar-refractivity contribution in [2.75, 3.05) is 13.1 Å². The van der Waals surface area contributed by atoms with Gasteiger partial charge in [-0.3, -0.25) is 9.59 Å². The molecule has 0 amide bonds. The van der Waals surface area contributed by atoms with Crippen LogP contribution >= 0.6 is 0 Å². The number of hydrogen-bond donors (Lipinski definition) is 2. The molecule has 2 aliphatic heterocycles. The average molecular weight is 574 g/mol. The molecule has 2 saturated heterocycles. The Balaban J connectivity index is 0.00000316. The van der Waals surface area contributed by atoms with Crippen molar-refractivity contribution < 1.29 is 30.3 Å². The molecule has 7 heteroatoms. The standard InChI is InChI=1S/C34H53NO6.H2/c1-19(36)39-28(31(4,5)38)24-9-7-22-25(40-24)15-23-21-8-10-26-30(2,3)27(41-29(37)20-16-35-17-20)11-12-34(26)18-33(21,34)14-13-32(22,23)6;/h20-28,35,38H,7-18H2,1-6H3;1H/t21?,22?,23?,24?,25?,26?,27-,28-,32?,33?,34?;/m0./s1. The number of carbonyl (C=O) groups is 2. The van der Waals surface area contributed by atoms with Crippen LogP contribution in [-0.2, 0) is 23.8 Å². The van der Waals surface area contributed by atoms with Gasteiger partial charge in [0.2, 0.25) is 0 Å². The minimum absolute atomic E-state index is 0. The SMILES string of the molecule is CC(=O)O[C@@H](C1CCC2C(CC3C4CCC5C(C)(C)[C@@H](OC(=O)C6CNC6)CCC56CC46CCC23C)O1)C(C)(C)O.[HH]. The number of hydrogen-bond acceptors (Lipinski definition) is 7. The topological polar surface area (TPSA) is 94.1 Å². The first-order chi connectivity index (χ1) is 19.2. The van der Waals surface area contributed by atoms with Crippen molar-refractivity contribution in [3.05, 3.63) is 0 Å². The molecule has 0 aromatic carbocycles. The van der Waals surface area contributed by atoms with Gasteiger partial charge in [-0.25, -0.2) is 0 Å². The molecule has 0 aromatic rings. The molecule has 2 N–H and O–H groups in total. The maximum absolute atomic E-state index is 12.8. The highest BCUT2D eigenvalue weighted by molar-refractivity contribution is 5.74. The average Bonchev–Trinajstić information content (AvgIpc) is 3.42. The van der Waals surface area contributed by atoms with Crippen LogP contribution in [0.15, 0.2) is 0 Å². The van der Waals surface area contributed by atoms with Crippen LogP contribution in [0.4, 0.5) is 0 Å². The van der Waals surface area contributed by atoms with Crippen molar-refractivity contribution in [2.45, 2.75) is 136 Å². The zero-order valence-electron chi connectivity index (χ0n) is 26.2. The van der Waals surface area contributed by atoms with Gasteiger partial charge in [-0.05, 0) is 118 Å². The van der Waals surface area contributed by atoms with Gasteiger partial charge >= 0.3 is 11.9 Å². The predicted octanol–water partition coefficient (Wildman–Crippen LogP) is 5.27. The van der Waals surface area contributed by atoms with Crippen LogP contribution in [0.3, 0.4) is 0 Å². The van der Waals surface area contributed by atoms with Gasteiger partial charge < -0.3 is 24.6 Å². The largest absolute Gasteiger partial charge is 0.462 e. The molecule has 7 aliphatic rings. The Morgan fingerprint density at radius 1 is 0.976 bits per heavy atom. The summed E-state index contributed by atoms with van der Waals surface area (Å²) in [6.45, 7) is 13.8. The highest BCUT2D eigenvalue weighted by Gasteiger charge is 2.81. The first-order valence-corrected chi connectivity index (χ1v) is 16.7. The third kappa shape index (κ3) is 3.99. The summed E-state index contributed by atoms with van der Waals surface area (Å²) < 4.78 is 18.7. The van der Waals surface area contributed by atoms with Gasteiger partial charge in [0.1, 0.15) is 6.10 Å². The number of fused-ring (bicyclic) bond motifs is 4. The molecule has 2 spiro atoms. The number of aliphatic hydroxyl groups is 1. The lowest BCUT2D eigenvalue weighted by Crippen LogP contribution is -2.56. The molecular weight excluding hydrogens is 518 g/mol. The predicted molar refractivity (Wildman–Crippen MR) is 156 cm³/mol. The summed E-state index contributed by atoms with van der Waals surface area (Å²) in [6.07, 6.45) is 11.1. The van der Waals surface area contributed by atoms with Crippen molar-refractivity contribution in [1.82, 2.24) is 5.32 Å². The molecule has 232 valence electrons. The lowest BCUT2D eigenvalue weighted by atomic mass is 9.46. The van der Waals surface area contributed by atoms with Crippen LogP contribution < -0.4 is 5.32 Å². The van der Waals surface area contributed by atoms with Crippen LogP contribution in [-0.4, -0.2) is 60.2 Å². The Labute approximate surface area is 247 Å². The van der Waals surface area contributed by atoms with Crippen LogP contribution in [0, 0.1) is 51.2 Å². The molecule has 0 aromatic heterocycles. The second kappa shape index (κ2) is 9.17. The number of esters is 2. The highest BCUT2D eigenvalue weighted by atomic mass is 16.6. The first-order valence-electron chi connectivity index (χ1n) is 16.7. The van der Waals surface area contributed by atoms with Crippen molar-refractivity contribution in [2.24, 2.45) is 51.2 Å². The fourth-order valence-electron chi connectivity index (χ4n) is 12.2. The molecule has 9 unspecified atom stereocenters. The third-order valence-corrected chi connectivity index (χ3v) is 14.3. The maximum atomic E-state index is 12.8. The smallest absolute Gasteiger partial charge is 0.311 e. The molecule has 5 aliphatic carbocycles. The van der Waals surface area contributed by atoms with Crippen LogP contribution in [0.2, 0.25) is 0 Å². The molecule has 41 heavy (non-hydrogen) atoms. The summed E-state index contributed by atoms with van der Waals surface area (Å²) >= 11 is 0. The van der Waals surface area contributed by atoms with E-state index in [4.69, 9.17) is 14.2 Å². The van der Waals surface area contributed by atoms with E-state index < -0.39 is 11.7 Å².